The van der Waals surface area contributed by atoms with Gasteiger partial charge in [-0.2, -0.15) is 9.61 Å². The molecule has 2 aromatic heterocycles. The normalized spacial score (nSPS) is 11.1. The Hall–Kier alpha value is -1.58. The lowest BCUT2D eigenvalue weighted by atomic mass is 10.2. The third kappa shape index (κ3) is 1.93. The van der Waals surface area contributed by atoms with Crippen LogP contribution in [0.2, 0.25) is 0 Å². The van der Waals surface area contributed by atoms with E-state index < -0.39 is 0 Å². The predicted molar refractivity (Wildman–Crippen MR) is 58.0 cm³/mol. The van der Waals surface area contributed by atoms with Crippen LogP contribution in [0.1, 0.15) is 31.2 Å². The highest BCUT2D eigenvalue weighted by Crippen LogP contribution is 2.15. The van der Waals surface area contributed by atoms with E-state index in [1.54, 1.807) is 6.07 Å². The van der Waals surface area contributed by atoms with Gasteiger partial charge < -0.3 is 5.11 Å². The van der Waals surface area contributed by atoms with Crippen LogP contribution in [0, 0.1) is 6.92 Å². The Balaban J connectivity index is 2.41. The molecule has 0 fully saturated rings. The number of aromatic nitrogens is 3. The van der Waals surface area contributed by atoms with Gasteiger partial charge in [0.05, 0.1) is 5.69 Å². The first-order valence-electron chi connectivity index (χ1n) is 5.26. The van der Waals surface area contributed by atoms with Crippen LogP contribution in [0.5, 0.6) is 5.88 Å². The van der Waals surface area contributed by atoms with Crippen molar-refractivity contribution in [2.45, 2.75) is 33.1 Å². The van der Waals surface area contributed by atoms with Crippen LogP contribution >= 0.6 is 0 Å². The molecule has 0 saturated carbocycles. The molecule has 0 radical (unpaired) electrons. The van der Waals surface area contributed by atoms with Crippen molar-refractivity contribution in [1.82, 2.24) is 14.6 Å². The summed E-state index contributed by atoms with van der Waals surface area (Å²) >= 11 is 0. The molecule has 0 atom stereocenters. The van der Waals surface area contributed by atoms with E-state index in [1.165, 1.54) is 4.52 Å². The third-order valence-corrected chi connectivity index (χ3v) is 2.37. The summed E-state index contributed by atoms with van der Waals surface area (Å²) in [4.78, 5) is 4.31. The minimum atomic E-state index is 0.153. The summed E-state index contributed by atoms with van der Waals surface area (Å²) in [5.41, 5.74) is 2.52. The average Bonchev–Trinajstić information content (AvgIpc) is 2.57. The highest BCUT2D eigenvalue weighted by atomic mass is 16.3. The van der Waals surface area contributed by atoms with Crippen LogP contribution in [-0.4, -0.2) is 19.7 Å². The maximum absolute atomic E-state index is 9.65. The smallest absolute Gasteiger partial charge is 0.215 e. The standard InChI is InChI=1S/C11H15N3O/c1-3-4-5-9-7-10-12-8(2)6-11(15)14(10)13-9/h6-7,15H,3-5H2,1-2H3. The third-order valence-electron chi connectivity index (χ3n) is 2.37. The van der Waals surface area contributed by atoms with Gasteiger partial charge in [0.15, 0.2) is 5.65 Å². The Labute approximate surface area is 88.6 Å². The molecule has 2 heterocycles. The fraction of sp³-hybridized carbons (Fsp3) is 0.455. The fourth-order valence-electron chi connectivity index (χ4n) is 1.61. The molecule has 0 amide bonds. The van der Waals surface area contributed by atoms with Gasteiger partial charge >= 0.3 is 0 Å². The number of unbranched alkanes of at least 4 members (excludes halogenated alkanes) is 1. The van der Waals surface area contributed by atoms with Gasteiger partial charge in [0.25, 0.3) is 0 Å². The van der Waals surface area contributed by atoms with E-state index in [1.807, 2.05) is 13.0 Å². The first kappa shape index (κ1) is 9.96. The van der Waals surface area contributed by atoms with Gasteiger partial charge in [0.1, 0.15) is 0 Å². The zero-order chi connectivity index (χ0) is 10.8. The molecule has 0 spiro atoms. The second kappa shape index (κ2) is 3.88. The summed E-state index contributed by atoms with van der Waals surface area (Å²) in [6.45, 7) is 4.01. The van der Waals surface area contributed by atoms with Crippen LogP contribution in [0.25, 0.3) is 5.65 Å². The van der Waals surface area contributed by atoms with Crippen LogP contribution in [0.3, 0.4) is 0 Å². The number of hydrogen-bond donors (Lipinski definition) is 1. The van der Waals surface area contributed by atoms with Gasteiger partial charge in [-0.1, -0.05) is 13.3 Å². The largest absolute Gasteiger partial charge is 0.493 e. The van der Waals surface area contributed by atoms with Gasteiger partial charge in [-0.15, -0.1) is 0 Å². The molecule has 4 nitrogen and oxygen atoms in total. The van der Waals surface area contributed by atoms with Gasteiger partial charge in [-0.3, -0.25) is 0 Å². The Bertz CT molecular complexity index is 476. The van der Waals surface area contributed by atoms with E-state index in [2.05, 4.69) is 17.0 Å². The lowest BCUT2D eigenvalue weighted by molar-refractivity contribution is 0.433. The Morgan fingerprint density at radius 2 is 2.20 bits per heavy atom. The summed E-state index contributed by atoms with van der Waals surface area (Å²) in [5, 5.41) is 13.9. The molecular formula is C11H15N3O. The van der Waals surface area contributed by atoms with Crippen molar-refractivity contribution in [1.29, 1.82) is 0 Å². The molecule has 0 saturated heterocycles. The molecule has 4 heteroatoms. The molecular weight excluding hydrogens is 190 g/mol. The number of nitrogens with zero attached hydrogens (tertiary/aromatic N) is 3. The molecule has 0 aliphatic heterocycles. The van der Waals surface area contributed by atoms with Crippen molar-refractivity contribution >= 4 is 5.65 Å². The van der Waals surface area contributed by atoms with Gasteiger partial charge in [-0.05, 0) is 19.8 Å². The SMILES string of the molecule is CCCCc1cc2nc(C)cc(O)n2n1. The second-order valence-electron chi connectivity index (χ2n) is 3.76. The van der Waals surface area contributed by atoms with E-state index in [4.69, 9.17) is 0 Å². The molecule has 80 valence electrons. The molecule has 2 rings (SSSR count). The van der Waals surface area contributed by atoms with E-state index >= 15 is 0 Å². The van der Waals surface area contributed by atoms with Gasteiger partial charge in [-0.25, -0.2) is 4.98 Å². The van der Waals surface area contributed by atoms with Crippen molar-refractivity contribution < 1.29 is 5.11 Å². The van der Waals surface area contributed by atoms with E-state index in [0.717, 1.165) is 36.3 Å². The molecule has 0 bridgehead atoms. The highest BCUT2D eigenvalue weighted by Gasteiger charge is 2.06. The molecule has 0 unspecified atom stereocenters. The predicted octanol–water partition coefficient (Wildman–Crippen LogP) is 2.09. The summed E-state index contributed by atoms with van der Waals surface area (Å²) in [5.74, 6) is 0.153. The zero-order valence-corrected chi connectivity index (χ0v) is 9.06. The van der Waals surface area contributed by atoms with Gasteiger partial charge in [0.2, 0.25) is 5.88 Å². The lowest BCUT2D eigenvalue weighted by Crippen LogP contribution is -1.93. The minimum absolute atomic E-state index is 0.153. The maximum atomic E-state index is 9.65. The van der Waals surface area contributed by atoms with Crippen molar-refractivity contribution in [2.75, 3.05) is 0 Å². The van der Waals surface area contributed by atoms with E-state index in [-0.39, 0.29) is 5.88 Å². The molecule has 2 aromatic rings. The Kier molecular flexibility index (Phi) is 2.58. The topological polar surface area (TPSA) is 50.4 Å². The first-order chi connectivity index (χ1) is 7.20. The first-order valence-corrected chi connectivity index (χ1v) is 5.26. The van der Waals surface area contributed by atoms with Crippen LogP contribution < -0.4 is 0 Å². The fourth-order valence-corrected chi connectivity index (χ4v) is 1.61. The average molecular weight is 205 g/mol. The highest BCUT2D eigenvalue weighted by molar-refractivity contribution is 5.43. The maximum Gasteiger partial charge on any atom is 0.215 e. The van der Waals surface area contributed by atoms with Crippen LogP contribution in [0.4, 0.5) is 0 Å². The van der Waals surface area contributed by atoms with E-state index in [9.17, 15) is 5.11 Å². The molecule has 1 N–H and O–H groups in total. The minimum Gasteiger partial charge on any atom is -0.493 e. The quantitative estimate of drug-likeness (QED) is 0.834. The van der Waals surface area contributed by atoms with Crippen molar-refractivity contribution in [3.05, 3.63) is 23.5 Å². The Morgan fingerprint density at radius 1 is 1.40 bits per heavy atom. The second-order valence-corrected chi connectivity index (χ2v) is 3.76. The van der Waals surface area contributed by atoms with Gasteiger partial charge in [0, 0.05) is 17.8 Å². The lowest BCUT2D eigenvalue weighted by Gasteiger charge is -1.97. The van der Waals surface area contributed by atoms with Crippen LogP contribution in [-0.2, 0) is 6.42 Å². The number of hydrogen-bond acceptors (Lipinski definition) is 3. The monoisotopic (exact) mass is 205 g/mol. The molecule has 0 aromatic carbocycles. The number of aromatic hydroxyl groups is 1. The van der Waals surface area contributed by atoms with Crippen molar-refractivity contribution in [3.8, 4) is 5.88 Å². The van der Waals surface area contributed by atoms with E-state index in [0.29, 0.717) is 0 Å². The number of aryl methyl sites for hydroxylation is 2. The Morgan fingerprint density at radius 3 is 2.93 bits per heavy atom. The number of fused-ring (bicyclic) bond motifs is 1. The van der Waals surface area contributed by atoms with Crippen LogP contribution in [0.15, 0.2) is 12.1 Å². The summed E-state index contributed by atoms with van der Waals surface area (Å²) < 4.78 is 1.48. The summed E-state index contributed by atoms with van der Waals surface area (Å²) in [6, 6.07) is 3.55. The zero-order valence-electron chi connectivity index (χ0n) is 9.06. The van der Waals surface area contributed by atoms with Crippen molar-refractivity contribution in [3.63, 3.8) is 0 Å². The molecule has 0 aliphatic rings. The number of rotatable bonds is 3. The summed E-state index contributed by atoms with van der Waals surface area (Å²) in [6.07, 6.45) is 3.20. The molecule has 15 heavy (non-hydrogen) atoms. The molecule has 0 aliphatic carbocycles. The van der Waals surface area contributed by atoms with Crippen molar-refractivity contribution in [2.24, 2.45) is 0 Å². The summed E-state index contributed by atoms with van der Waals surface area (Å²) in [7, 11) is 0.